The number of nitrogens with one attached hydrogen (secondary N) is 1. The molecule has 1 aromatic carbocycles. The molecule has 0 aromatic heterocycles. The molecule has 2 saturated carbocycles. The Bertz CT molecular complexity index is 627. The third kappa shape index (κ3) is 2.66. The minimum Gasteiger partial charge on any atom is -0.398 e. The number of fused-ring (bicyclic) bond motifs is 2. The Balaban J connectivity index is 1.80. The van der Waals surface area contributed by atoms with Crippen LogP contribution in [0.15, 0.2) is 23.1 Å². The summed E-state index contributed by atoms with van der Waals surface area (Å²) in [5.41, 5.74) is 5.58. The number of hydrogen-bond acceptors (Lipinski definition) is 3. The molecule has 2 bridgehead atoms. The molecule has 1 aromatic rings. The van der Waals surface area contributed by atoms with Gasteiger partial charge >= 0.3 is 0 Å². The van der Waals surface area contributed by atoms with Gasteiger partial charge in [-0.15, -0.1) is 0 Å². The van der Waals surface area contributed by atoms with Gasteiger partial charge in [-0.1, -0.05) is 12.5 Å². The van der Waals surface area contributed by atoms with Crippen molar-refractivity contribution in [1.29, 1.82) is 0 Å². The zero-order valence-electron chi connectivity index (χ0n) is 12.0. The Labute approximate surface area is 125 Å². The Morgan fingerprint density at radius 1 is 1.33 bits per heavy atom. The van der Waals surface area contributed by atoms with E-state index in [1.54, 1.807) is 0 Å². The average molecular weight is 312 g/mol. The second-order valence-electron chi connectivity index (χ2n) is 6.41. The highest BCUT2D eigenvalue weighted by Gasteiger charge is 2.42. The van der Waals surface area contributed by atoms with Crippen molar-refractivity contribution in [3.63, 3.8) is 0 Å². The molecule has 0 aliphatic heterocycles. The van der Waals surface area contributed by atoms with Gasteiger partial charge in [0.15, 0.2) is 0 Å². The number of hydrogen-bond donors (Lipinski definition) is 2. The number of benzene rings is 1. The first-order chi connectivity index (χ1) is 9.88. The number of nitrogen functional groups attached to an aromatic ring is 1. The molecular weight excluding hydrogens is 291 g/mol. The van der Waals surface area contributed by atoms with Gasteiger partial charge in [-0.05, 0) is 56.1 Å². The molecule has 0 spiro atoms. The van der Waals surface area contributed by atoms with Gasteiger partial charge in [0.05, 0.1) is 5.69 Å². The molecule has 4 unspecified atom stereocenters. The first-order valence-electron chi connectivity index (χ1n) is 7.45. The highest BCUT2D eigenvalue weighted by Crippen LogP contribution is 2.49. The maximum absolute atomic E-state index is 13.8. The molecule has 2 fully saturated rings. The van der Waals surface area contributed by atoms with E-state index in [-0.39, 0.29) is 11.7 Å². The Morgan fingerprint density at radius 2 is 2.10 bits per heavy atom. The van der Waals surface area contributed by atoms with Crippen molar-refractivity contribution in [2.75, 3.05) is 5.73 Å². The zero-order valence-corrected chi connectivity index (χ0v) is 12.9. The standard InChI is InChI=1S/C15H21FN2O2S/c1-9(12-8-10-5-6-11(12)7-10)18-21(19,20)15-13(16)3-2-4-14(15)17/h2-4,9-12,18H,5-8,17H2,1H3. The van der Waals surface area contributed by atoms with Gasteiger partial charge in [-0.3, -0.25) is 0 Å². The van der Waals surface area contributed by atoms with Crippen LogP contribution in [0.2, 0.25) is 0 Å². The van der Waals surface area contributed by atoms with Gasteiger partial charge in [0.1, 0.15) is 10.7 Å². The van der Waals surface area contributed by atoms with Gasteiger partial charge < -0.3 is 5.73 Å². The molecule has 4 atom stereocenters. The van der Waals surface area contributed by atoms with Crippen molar-refractivity contribution in [2.45, 2.75) is 43.5 Å². The summed E-state index contributed by atoms with van der Waals surface area (Å²) in [4.78, 5) is -0.431. The summed E-state index contributed by atoms with van der Waals surface area (Å²) in [5, 5.41) is 0. The average Bonchev–Trinajstić information content (AvgIpc) is 2.99. The minimum absolute atomic E-state index is 0.0531. The van der Waals surface area contributed by atoms with E-state index in [4.69, 9.17) is 5.73 Å². The summed E-state index contributed by atoms with van der Waals surface area (Å²) < 4.78 is 41.3. The molecule has 21 heavy (non-hydrogen) atoms. The van der Waals surface area contributed by atoms with E-state index in [1.807, 2.05) is 6.92 Å². The molecular formula is C15H21FN2O2S. The quantitative estimate of drug-likeness (QED) is 0.839. The van der Waals surface area contributed by atoms with Crippen molar-refractivity contribution >= 4 is 15.7 Å². The summed E-state index contributed by atoms with van der Waals surface area (Å²) in [7, 11) is -3.93. The van der Waals surface area contributed by atoms with Crippen molar-refractivity contribution < 1.29 is 12.8 Å². The van der Waals surface area contributed by atoms with Crippen molar-refractivity contribution in [1.82, 2.24) is 4.72 Å². The molecule has 0 radical (unpaired) electrons. The molecule has 2 aliphatic carbocycles. The largest absolute Gasteiger partial charge is 0.398 e. The monoisotopic (exact) mass is 312 g/mol. The summed E-state index contributed by atoms with van der Waals surface area (Å²) >= 11 is 0. The molecule has 3 rings (SSSR count). The maximum atomic E-state index is 13.8. The Morgan fingerprint density at radius 3 is 2.67 bits per heavy atom. The Hall–Kier alpha value is -1.14. The van der Waals surface area contributed by atoms with Gasteiger partial charge in [0, 0.05) is 6.04 Å². The van der Waals surface area contributed by atoms with Crippen molar-refractivity contribution in [3.05, 3.63) is 24.0 Å². The van der Waals surface area contributed by atoms with Crippen LogP contribution in [0, 0.1) is 23.6 Å². The highest BCUT2D eigenvalue weighted by atomic mass is 32.2. The van der Waals surface area contributed by atoms with Gasteiger partial charge in [0.25, 0.3) is 0 Å². The molecule has 4 nitrogen and oxygen atoms in total. The lowest BCUT2D eigenvalue weighted by Gasteiger charge is -2.28. The lowest BCUT2D eigenvalue weighted by atomic mass is 9.84. The van der Waals surface area contributed by atoms with Crippen molar-refractivity contribution in [3.8, 4) is 0 Å². The minimum atomic E-state index is -3.93. The predicted molar refractivity (Wildman–Crippen MR) is 79.5 cm³/mol. The molecule has 6 heteroatoms. The molecule has 0 saturated heterocycles. The highest BCUT2D eigenvalue weighted by molar-refractivity contribution is 7.89. The van der Waals surface area contributed by atoms with E-state index in [1.165, 1.54) is 31.4 Å². The second-order valence-corrected chi connectivity index (χ2v) is 8.06. The fraction of sp³-hybridized carbons (Fsp3) is 0.600. The Kier molecular flexibility index (Phi) is 3.69. The summed E-state index contributed by atoms with van der Waals surface area (Å²) in [6, 6.07) is 3.74. The number of sulfonamides is 1. The molecule has 116 valence electrons. The molecule has 2 aliphatic rings. The normalized spacial score (nSPS) is 29.7. The van der Waals surface area contributed by atoms with E-state index in [0.29, 0.717) is 11.8 Å². The van der Waals surface area contributed by atoms with Crippen LogP contribution < -0.4 is 10.5 Å². The van der Waals surface area contributed by atoms with Crippen molar-refractivity contribution in [2.24, 2.45) is 17.8 Å². The lowest BCUT2D eigenvalue weighted by molar-refractivity contribution is 0.280. The summed E-state index contributed by atoms with van der Waals surface area (Å²) in [6.45, 7) is 1.87. The number of anilines is 1. The van der Waals surface area contributed by atoms with E-state index >= 15 is 0 Å². The maximum Gasteiger partial charge on any atom is 0.245 e. The van der Waals surface area contributed by atoms with Crippen LogP contribution in [0.5, 0.6) is 0 Å². The lowest BCUT2D eigenvalue weighted by Crippen LogP contribution is -2.40. The molecule has 0 heterocycles. The smallest absolute Gasteiger partial charge is 0.245 e. The van der Waals surface area contributed by atoms with Gasteiger partial charge in [-0.25, -0.2) is 17.5 Å². The van der Waals surface area contributed by atoms with E-state index in [2.05, 4.69) is 4.72 Å². The van der Waals surface area contributed by atoms with E-state index in [9.17, 15) is 12.8 Å². The fourth-order valence-electron chi connectivity index (χ4n) is 4.11. The topological polar surface area (TPSA) is 72.2 Å². The number of halogens is 1. The van der Waals surface area contributed by atoms with Crippen LogP contribution in [0.1, 0.15) is 32.6 Å². The summed E-state index contributed by atoms with van der Waals surface area (Å²) in [6.07, 6.45) is 4.73. The van der Waals surface area contributed by atoms with Gasteiger partial charge in [-0.2, -0.15) is 0 Å². The SMILES string of the molecule is CC(NS(=O)(=O)c1c(N)cccc1F)C1CC2CCC1C2. The number of rotatable bonds is 4. The van der Waals surface area contributed by atoms with Crippen LogP contribution in [0.25, 0.3) is 0 Å². The van der Waals surface area contributed by atoms with Crippen LogP contribution in [-0.2, 0) is 10.0 Å². The zero-order chi connectivity index (χ0) is 15.2. The number of nitrogens with two attached hydrogens (primary N) is 1. The molecule has 0 amide bonds. The molecule has 3 N–H and O–H groups in total. The third-order valence-electron chi connectivity index (χ3n) is 5.04. The predicted octanol–water partition coefficient (Wildman–Crippen LogP) is 2.51. The van der Waals surface area contributed by atoms with Gasteiger partial charge in [0.2, 0.25) is 10.0 Å². The van der Waals surface area contributed by atoms with E-state index in [0.717, 1.165) is 18.4 Å². The summed E-state index contributed by atoms with van der Waals surface area (Å²) in [5.74, 6) is 0.894. The second kappa shape index (κ2) is 5.25. The first kappa shape index (κ1) is 14.8. The fourth-order valence-corrected chi connectivity index (χ4v) is 5.59. The van der Waals surface area contributed by atoms with Crippen LogP contribution in [0.3, 0.4) is 0 Å². The van der Waals surface area contributed by atoms with Crippen LogP contribution in [-0.4, -0.2) is 14.5 Å². The van der Waals surface area contributed by atoms with Crippen LogP contribution >= 0.6 is 0 Å². The first-order valence-corrected chi connectivity index (χ1v) is 8.93. The van der Waals surface area contributed by atoms with Crippen LogP contribution in [0.4, 0.5) is 10.1 Å². The van der Waals surface area contributed by atoms with E-state index < -0.39 is 20.7 Å². The third-order valence-corrected chi connectivity index (χ3v) is 6.69.